The molecule has 130 valence electrons. The normalized spacial score (nSPS) is 12.4. The molecule has 0 fully saturated rings. The lowest BCUT2D eigenvalue weighted by atomic mass is 9.86. The zero-order valence-electron chi connectivity index (χ0n) is 15.2. The van der Waals surface area contributed by atoms with Crippen molar-refractivity contribution in [1.82, 2.24) is 0 Å². The van der Waals surface area contributed by atoms with Gasteiger partial charge in [-0.15, -0.1) is 0 Å². The van der Waals surface area contributed by atoms with Crippen LogP contribution in [-0.4, -0.2) is 13.2 Å². The molecule has 0 aliphatic rings. The molecule has 0 aromatic heterocycles. The summed E-state index contributed by atoms with van der Waals surface area (Å²) in [4.78, 5) is 0. The summed E-state index contributed by atoms with van der Waals surface area (Å²) in [5.74, 6) is 0. The smallest absolute Gasteiger partial charge is 0.305 e. The number of hydrogen-bond acceptors (Lipinski definition) is 3. The first-order chi connectivity index (χ1) is 11.3. The van der Waals surface area contributed by atoms with Crippen molar-refractivity contribution in [3.63, 3.8) is 0 Å². The Balaban J connectivity index is 2.70. The van der Waals surface area contributed by atoms with Crippen LogP contribution < -0.4 is 5.30 Å². The molecule has 0 saturated heterocycles. The maximum atomic E-state index is 13.4. The van der Waals surface area contributed by atoms with E-state index in [0.29, 0.717) is 18.5 Å². The Hall–Kier alpha value is -1.41. The van der Waals surface area contributed by atoms with Gasteiger partial charge in [-0.3, -0.25) is 4.57 Å². The van der Waals surface area contributed by atoms with Crippen LogP contribution in [0.25, 0.3) is 11.1 Å². The van der Waals surface area contributed by atoms with Crippen molar-refractivity contribution in [2.45, 2.75) is 40.0 Å². The highest BCUT2D eigenvalue weighted by Gasteiger charge is 2.31. The summed E-state index contributed by atoms with van der Waals surface area (Å²) in [6.07, 6.45) is 0. The zero-order chi connectivity index (χ0) is 17.8. The van der Waals surface area contributed by atoms with E-state index in [-0.39, 0.29) is 5.41 Å². The van der Waals surface area contributed by atoms with Gasteiger partial charge in [-0.2, -0.15) is 0 Å². The van der Waals surface area contributed by atoms with Gasteiger partial charge in [-0.05, 0) is 42.0 Å². The van der Waals surface area contributed by atoms with Gasteiger partial charge in [0.1, 0.15) is 0 Å². The molecule has 0 heterocycles. The number of hydrogen-bond donors (Lipinski definition) is 0. The Bertz CT molecular complexity index is 707. The summed E-state index contributed by atoms with van der Waals surface area (Å²) in [5.41, 5.74) is 2.96. The maximum Gasteiger partial charge on any atom is 0.361 e. The first-order valence-corrected chi connectivity index (χ1v) is 9.95. The van der Waals surface area contributed by atoms with Crippen LogP contribution >= 0.6 is 7.60 Å². The monoisotopic (exact) mass is 346 g/mol. The Morgan fingerprint density at radius 1 is 0.917 bits per heavy atom. The predicted molar refractivity (Wildman–Crippen MR) is 101 cm³/mol. The second-order valence-electron chi connectivity index (χ2n) is 6.68. The van der Waals surface area contributed by atoms with E-state index in [2.05, 4.69) is 26.8 Å². The van der Waals surface area contributed by atoms with Gasteiger partial charge in [-0.1, -0.05) is 63.2 Å². The molecule has 2 rings (SSSR count). The highest BCUT2D eigenvalue weighted by Crippen LogP contribution is 2.49. The molecular weight excluding hydrogens is 319 g/mol. The van der Waals surface area contributed by atoms with Crippen LogP contribution in [0.4, 0.5) is 0 Å². The van der Waals surface area contributed by atoms with Crippen LogP contribution in [0, 0.1) is 0 Å². The van der Waals surface area contributed by atoms with E-state index in [9.17, 15) is 4.57 Å². The van der Waals surface area contributed by atoms with E-state index in [1.54, 1.807) is 0 Å². The van der Waals surface area contributed by atoms with Crippen LogP contribution in [0.2, 0.25) is 0 Å². The maximum absolute atomic E-state index is 13.4. The molecule has 4 heteroatoms. The third-order valence-corrected chi connectivity index (χ3v) is 6.00. The van der Waals surface area contributed by atoms with E-state index in [1.807, 2.05) is 56.3 Å². The van der Waals surface area contributed by atoms with Gasteiger partial charge in [0.25, 0.3) is 0 Å². The molecule has 24 heavy (non-hydrogen) atoms. The molecule has 0 saturated carbocycles. The molecule has 2 aromatic carbocycles. The molecule has 0 bridgehead atoms. The first-order valence-electron chi connectivity index (χ1n) is 8.41. The molecule has 0 amide bonds. The molecular formula is C20H27O3P. The average Bonchev–Trinajstić information content (AvgIpc) is 2.55. The SMILES string of the molecule is CCOP(=O)(OCC)c1cc(C(C)(C)C)ccc1-c1ccccc1. The molecule has 0 aliphatic heterocycles. The lowest BCUT2D eigenvalue weighted by molar-refractivity contribution is 0.230. The average molecular weight is 346 g/mol. The summed E-state index contributed by atoms with van der Waals surface area (Å²) < 4.78 is 24.7. The second kappa shape index (κ2) is 7.65. The highest BCUT2D eigenvalue weighted by molar-refractivity contribution is 7.62. The lowest BCUT2D eigenvalue weighted by Gasteiger charge is -2.25. The predicted octanol–water partition coefficient (Wildman–Crippen LogP) is 5.54. The minimum Gasteiger partial charge on any atom is -0.305 e. The zero-order valence-corrected chi connectivity index (χ0v) is 16.1. The van der Waals surface area contributed by atoms with E-state index in [4.69, 9.17) is 9.05 Å². The van der Waals surface area contributed by atoms with Crippen molar-refractivity contribution >= 4 is 12.9 Å². The summed E-state index contributed by atoms with van der Waals surface area (Å²) in [7, 11) is -3.37. The molecule has 3 nitrogen and oxygen atoms in total. The van der Waals surface area contributed by atoms with Crippen molar-refractivity contribution in [3.05, 3.63) is 54.1 Å². The van der Waals surface area contributed by atoms with Gasteiger partial charge in [0, 0.05) is 0 Å². The van der Waals surface area contributed by atoms with Crippen molar-refractivity contribution in [2.24, 2.45) is 0 Å². The van der Waals surface area contributed by atoms with Gasteiger partial charge >= 0.3 is 7.60 Å². The van der Waals surface area contributed by atoms with Crippen molar-refractivity contribution in [1.29, 1.82) is 0 Å². The van der Waals surface area contributed by atoms with Gasteiger partial charge in [0.15, 0.2) is 0 Å². The Labute approximate surface area is 145 Å². The van der Waals surface area contributed by atoms with E-state index >= 15 is 0 Å². The number of rotatable bonds is 6. The van der Waals surface area contributed by atoms with Gasteiger partial charge in [-0.25, -0.2) is 0 Å². The van der Waals surface area contributed by atoms with Crippen molar-refractivity contribution in [2.75, 3.05) is 13.2 Å². The van der Waals surface area contributed by atoms with Gasteiger partial charge in [0.05, 0.1) is 18.5 Å². The molecule has 0 spiro atoms. The minimum atomic E-state index is -3.37. The molecule has 2 aromatic rings. The second-order valence-corrected chi connectivity index (χ2v) is 8.67. The molecule has 0 unspecified atom stereocenters. The minimum absolute atomic E-state index is 0.0484. The van der Waals surface area contributed by atoms with Crippen LogP contribution in [0.5, 0.6) is 0 Å². The summed E-state index contributed by atoms with van der Waals surface area (Å²) in [5, 5.41) is 0.643. The summed E-state index contributed by atoms with van der Waals surface area (Å²) >= 11 is 0. The van der Waals surface area contributed by atoms with Crippen molar-refractivity contribution in [3.8, 4) is 11.1 Å². The van der Waals surface area contributed by atoms with E-state index < -0.39 is 7.60 Å². The molecule has 0 atom stereocenters. The van der Waals surface area contributed by atoms with Crippen LogP contribution in [-0.2, 0) is 19.0 Å². The van der Waals surface area contributed by atoms with Crippen LogP contribution in [0.1, 0.15) is 40.2 Å². The fourth-order valence-electron chi connectivity index (χ4n) is 2.60. The third kappa shape index (κ3) is 4.16. The molecule has 0 aliphatic carbocycles. The Morgan fingerprint density at radius 2 is 1.50 bits per heavy atom. The fourth-order valence-corrected chi connectivity index (χ4v) is 4.43. The van der Waals surface area contributed by atoms with Gasteiger partial charge < -0.3 is 9.05 Å². The van der Waals surface area contributed by atoms with Crippen LogP contribution in [0.15, 0.2) is 48.5 Å². The van der Waals surface area contributed by atoms with E-state index in [0.717, 1.165) is 16.7 Å². The topological polar surface area (TPSA) is 35.5 Å². The summed E-state index contributed by atoms with van der Waals surface area (Å²) in [6, 6.07) is 16.0. The van der Waals surface area contributed by atoms with E-state index in [1.165, 1.54) is 0 Å². The standard InChI is InChI=1S/C20H27O3P/c1-6-22-24(21,23-7-2)19-15-17(20(3,4)5)13-14-18(19)16-11-9-8-10-12-16/h8-15H,6-7H2,1-5H3. The molecule has 0 N–H and O–H groups in total. The largest absolute Gasteiger partial charge is 0.361 e. The molecule has 0 radical (unpaired) electrons. The van der Waals surface area contributed by atoms with Crippen molar-refractivity contribution < 1.29 is 13.6 Å². The fraction of sp³-hybridized carbons (Fsp3) is 0.400. The Kier molecular flexibility index (Phi) is 6.03. The quantitative estimate of drug-likeness (QED) is 0.644. The first kappa shape index (κ1) is 18.9. The highest BCUT2D eigenvalue weighted by atomic mass is 31.2. The lowest BCUT2D eigenvalue weighted by Crippen LogP contribution is -2.19. The Morgan fingerprint density at radius 3 is 2.00 bits per heavy atom. The van der Waals surface area contributed by atoms with Gasteiger partial charge in [0.2, 0.25) is 0 Å². The number of benzene rings is 2. The third-order valence-electron chi connectivity index (χ3n) is 3.84. The summed E-state index contributed by atoms with van der Waals surface area (Å²) in [6.45, 7) is 10.8. The van der Waals surface area contributed by atoms with Crippen LogP contribution in [0.3, 0.4) is 0 Å².